The summed E-state index contributed by atoms with van der Waals surface area (Å²) in [6.07, 6.45) is 0.698. The van der Waals surface area contributed by atoms with Gasteiger partial charge in [-0.3, -0.25) is 9.59 Å². The van der Waals surface area contributed by atoms with Gasteiger partial charge >= 0.3 is 5.97 Å². The van der Waals surface area contributed by atoms with Crippen LogP contribution in [0, 0.1) is 0 Å². The molecule has 0 spiro atoms. The summed E-state index contributed by atoms with van der Waals surface area (Å²) in [5.41, 5.74) is 1.89. The molecule has 0 saturated heterocycles. The van der Waals surface area contributed by atoms with Crippen LogP contribution in [0.1, 0.15) is 44.4 Å². The van der Waals surface area contributed by atoms with Crippen molar-refractivity contribution in [2.45, 2.75) is 45.8 Å². The molecular formula is C22H27NO4. The zero-order valence-electron chi connectivity index (χ0n) is 16.1. The van der Waals surface area contributed by atoms with E-state index in [-0.39, 0.29) is 31.0 Å². The molecule has 5 nitrogen and oxygen atoms in total. The van der Waals surface area contributed by atoms with Crippen LogP contribution >= 0.6 is 0 Å². The number of para-hydroxylation sites is 1. The first kappa shape index (κ1) is 20.5. The van der Waals surface area contributed by atoms with Crippen LogP contribution in [0.5, 0.6) is 5.75 Å². The fraction of sp³-hybridized carbons (Fsp3) is 0.364. The summed E-state index contributed by atoms with van der Waals surface area (Å²) in [7, 11) is 0. The van der Waals surface area contributed by atoms with Gasteiger partial charge in [-0.2, -0.15) is 0 Å². The first-order chi connectivity index (χ1) is 13.0. The number of benzene rings is 2. The van der Waals surface area contributed by atoms with Crippen molar-refractivity contribution in [1.82, 2.24) is 5.32 Å². The van der Waals surface area contributed by atoms with E-state index in [9.17, 15) is 9.59 Å². The van der Waals surface area contributed by atoms with Gasteiger partial charge in [0, 0.05) is 0 Å². The Hall–Kier alpha value is -2.82. The first-order valence-corrected chi connectivity index (χ1v) is 9.24. The molecule has 0 bridgehead atoms. The normalized spacial score (nSPS) is 11.7. The maximum atomic E-state index is 12.4. The van der Waals surface area contributed by atoms with Crippen molar-refractivity contribution >= 4 is 11.9 Å². The van der Waals surface area contributed by atoms with E-state index in [4.69, 9.17) is 9.47 Å². The molecule has 1 unspecified atom stereocenters. The molecule has 0 aliphatic carbocycles. The molecule has 0 saturated carbocycles. The fourth-order valence-corrected chi connectivity index (χ4v) is 2.73. The molecule has 0 fully saturated rings. The van der Waals surface area contributed by atoms with Gasteiger partial charge in [-0.25, -0.2) is 0 Å². The van der Waals surface area contributed by atoms with E-state index in [0.717, 1.165) is 17.5 Å². The van der Waals surface area contributed by atoms with Crippen molar-refractivity contribution < 1.29 is 19.1 Å². The number of nitrogens with one attached hydrogen (secondary N) is 1. The quantitative estimate of drug-likeness (QED) is 0.683. The van der Waals surface area contributed by atoms with Crippen molar-refractivity contribution in [3.8, 4) is 5.75 Å². The van der Waals surface area contributed by atoms with Crippen LogP contribution in [0.15, 0.2) is 54.6 Å². The van der Waals surface area contributed by atoms with Gasteiger partial charge in [-0.05, 0) is 37.5 Å². The van der Waals surface area contributed by atoms with E-state index in [0.29, 0.717) is 5.75 Å². The van der Waals surface area contributed by atoms with E-state index in [1.807, 2.05) is 61.5 Å². The van der Waals surface area contributed by atoms with Gasteiger partial charge in [0.2, 0.25) is 0 Å². The first-order valence-electron chi connectivity index (χ1n) is 9.24. The number of amides is 1. The lowest BCUT2D eigenvalue weighted by Crippen LogP contribution is -2.34. The average molecular weight is 369 g/mol. The molecule has 144 valence electrons. The summed E-state index contributed by atoms with van der Waals surface area (Å²) >= 11 is 0. The lowest BCUT2D eigenvalue weighted by atomic mass is 10.0. The Balaban J connectivity index is 2.01. The van der Waals surface area contributed by atoms with Crippen LogP contribution in [0.2, 0.25) is 0 Å². The van der Waals surface area contributed by atoms with Crippen molar-refractivity contribution in [3.63, 3.8) is 0 Å². The van der Waals surface area contributed by atoms with Gasteiger partial charge in [0.15, 0.2) is 6.61 Å². The van der Waals surface area contributed by atoms with E-state index >= 15 is 0 Å². The summed E-state index contributed by atoms with van der Waals surface area (Å²) in [5, 5.41) is 2.88. The minimum atomic E-state index is -0.463. The molecule has 0 aliphatic rings. The summed E-state index contributed by atoms with van der Waals surface area (Å²) in [4.78, 5) is 24.5. The van der Waals surface area contributed by atoms with Gasteiger partial charge in [-0.15, -0.1) is 0 Å². The Morgan fingerprint density at radius 1 is 1.00 bits per heavy atom. The highest BCUT2D eigenvalue weighted by atomic mass is 16.5. The van der Waals surface area contributed by atoms with Crippen molar-refractivity contribution in [1.29, 1.82) is 0 Å². The van der Waals surface area contributed by atoms with Crippen molar-refractivity contribution in [2.75, 3.05) is 6.61 Å². The minimum Gasteiger partial charge on any atom is -0.483 e. The Kier molecular flexibility index (Phi) is 7.86. The number of hydrogen-bond acceptors (Lipinski definition) is 4. The zero-order valence-corrected chi connectivity index (χ0v) is 16.1. The van der Waals surface area contributed by atoms with E-state index < -0.39 is 6.04 Å². The molecule has 2 rings (SSSR count). The maximum absolute atomic E-state index is 12.4. The third-order valence-electron chi connectivity index (χ3n) is 3.99. The van der Waals surface area contributed by atoms with Gasteiger partial charge < -0.3 is 14.8 Å². The number of carbonyl (C=O) groups is 2. The number of rotatable bonds is 9. The lowest BCUT2D eigenvalue weighted by molar-refractivity contribution is -0.148. The fourth-order valence-electron chi connectivity index (χ4n) is 2.73. The molecule has 0 aromatic heterocycles. The van der Waals surface area contributed by atoms with Crippen molar-refractivity contribution in [2.24, 2.45) is 0 Å². The van der Waals surface area contributed by atoms with Crippen LogP contribution in [0.3, 0.4) is 0 Å². The van der Waals surface area contributed by atoms with Crippen LogP contribution in [-0.2, 0) is 20.7 Å². The number of aryl methyl sites for hydroxylation is 1. The molecule has 1 atom stereocenters. The Morgan fingerprint density at radius 2 is 1.67 bits per heavy atom. The molecular weight excluding hydrogens is 342 g/mol. The molecule has 2 aromatic rings. The summed E-state index contributed by atoms with van der Waals surface area (Å²) in [5.74, 6) is 0.0640. The van der Waals surface area contributed by atoms with Crippen LogP contribution in [-0.4, -0.2) is 24.6 Å². The third-order valence-corrected chi connectivity index (χ3v) is 3.99. The monoisotopic (exact) mass is 369 g/mol. The second kappa shape index (κ2) is 10.4. The van der Waals surface area contributed by atoms with E-state index in [2.05, 4.69) is 5.32 Å². The average Bonchev–Trinajstić information content (AvgIpc) is 2.66. The number of carbonyl (C=O) groups excluding carboxylic acids is 2. The second-order valence-corrected chi connectivity index (χ2v) is 6.52. The molecule has 5 heteroatoms. The molecule has 1 N–H and O–H groups in total. The van der Waals surface area contributed by atoms with E-state index in [1.54, 1.807) is 13.8 Å². The molecule has 0 heterocycles. The topological polar surface area (TPSA) is 64.6 Å². The standard InChI is InChI=1S/C22H27NO4/c1-4-17-10-8-9-13-20(17)26-15-21(24)23-19(14-22(25)27-16(2)3)18-11-6-5-7-12-18/h5-13,16,19H,4,14-15H2,1-3H3,(H,23,24). The predicted octanol–water partition coefficient (Wildman–Crippen LogP) is 3.83. The summed E-state index contributed by atoms with van der Waals surface area (Å²) in [6.45, 7) is 5.52. The summed E-state index contributed by atoms with van der Waals surface area (Å²) < 4.78 is 10.9. The second-order valence-electron chi connectivity index (χ2n) is 6.52. The molecule has 27 heavy (non-hydrogen) atoms. The zero-order chi connectivity index (χ0) is 19.6. The van der Waals surface area contributed by atoms with Crippen LogP contribution in [0.25, 0.3) is 0 Å². The minimum absolute atomic E-state index is 0.0689. The Bertz CT molecular complexity index is 743. The number of hydrogen-bond donors (Lipinski definition) is 1. The SMILES string of the molecule is CCc1ccccc1OCC(=O)NC(CC(=O)OC(C)C)c1ccccc1. The van der Waals surface area contributed by atoms with Gasteiger partial charge in [0.25, 0.3) is 5.91 Å². The highest BCUT2D eigenvalue weighted by molar-refractivity contribution is 5.79. The van der Waals surface area contributed by atoms with Crippen LogP contribution in [0.4, 0.5) is 0 Å². The maximum Gasteiger partial charge on any atom is 0.308 e. The molecule has 0 radical (unpaired) electrons. The lowest BCUT2D eigenvalue weighted by Gasteiger charge is -2.20. The van der Waals surface area contributed by atoms with Crippen molar-refractivity contribution in [3.05, 3.63) is 65.7 Å². The summed E-state index contributed by atoms with van der Waals surface area (Å²) in [6, 6.07) is 16.6. The highest BCUT2D eigenvalue weighted by Gasteiger charge is 2.20. The smallest absolute Gasteiger partial charge is 0.308 e. The van der Waals surface area contributed by atoms with Gasteiger partial charge in [0.1, 0.15) is 5.75 Å². The Morgan fingerprint density at radius 3 is 2.33 bits per heavy atom. The van der Waals surface area contributed by atoms with Gasteiger partial charge in [0.05, 0.1) is 18.6 Å². The van der Waals surface area contributed by atoms with Gasteiger partial charge in [-0.1, -0.05) is 55.5 Å². The molecule has 2 aromatic carbocycles. The number of ether oxygens (including phenoxy) is 2. The van der Waals surface area contributed by atoms with E-state index in [1.165, 1.54) is 0 Å². The molecule has 0 aliphatic heterocycles. The van der Waals surface area contributed by atoms with Crippen LogP contribution < -0.4 is 10.1 Å². The third kappa shape index (κ3) is 6.77. The Labute approximate surface area is 160 Å². The predicted molar refractivity (Wildman–Crippen MR) is 104 cm³/mol. The highest BCUT2D eigenvalue weighted by Crippen LogP contribution is 2.20. The number of esters is 1. The molecule has 1 amide bonds. The largest absolute Gasteiger partial charge is 0.483 e.